The van der Waals surface area contributed by atoms with Crippen molar-refractivity contribution in [2.45, 2.75) is 5.75 Å². The molecular weight excluding hydrogens is 358 g/mol. The Bertz CT molecular complexity index is 850. The van der Waals surface area contributed by atoms with E-state index in [-0.39, 0.29) is 5.75 Å². The molecule has 2 rings (SSSR count). The summed E-state index contributed by atoms with van der Waals surface area (Å²) in [5, 5.41) is 1.12. The van der Waals surface area contributed by atoms with E-state index in [0.717, 1.165) is 5.41 Å². The molecule has 0 saturated carbocycles. The lowest BCUT2D eigenvalue weighted by Crippen LogP contribution is -2.02. The van der Waals surface area contributed by atoms with E-state index in [4.69, 9.17) is 18.9 Å². The Morgan fingerprint density at radius 3 is 2.00 bits per heavy atom. The molecule has 8 heteroatoms. The summed E-state index contributed by atoms with van der Waals surface area (Å²) in [7, 11) is 2.47. The van der Waals surface area contributed by atoms with Crippen LogP contribution in [0.15, 0.2) is 35.9 Å². The van der Waals surface area contributed by atoms with E-state index in [1.54, 1.807) is 24.3 Å². The third-order valence-electron chi connectivity index (χ3n) is 3.58. The van der Waals surface area contributed by atoms with Crippen LogP contribution in [0.5, 0.6) is 23.0 Å². The zero-order valence-electron chi connectivity index (χ0n) is 15.1. The van der Waals surface area contributed by atoms with Crippen molar-refractivity contribution in [3.63, 3.8) is 0 Å². The smallest absolute Gasteiger partial charge is 0.177 e. The monoisotopic (exact) mass is 379 g/mol. The van der Waals surface area contributed by atoms with Crippen molar-refractivity contribution in [2.24, 2.45) is 0 Å². The third kappa shape index (κ3) is 4.89. The molecule has 1 aromatic carbocycles. The number of nitrogens with zero attached hydrogens (tertiary/aromatic N) is 1. The molecule has 26 heavy (non-hydrogen) atoms. The van der Waals surface area contributed by atoms with E-state index >= 15 is 0 Å². The second-order valence-electron chi connectivity index (χ2n) is 5.24. The Kier molecular flexibility index (Phi) is 6.46. The summed E-state index contributed by atoms with van der Waals surface area (Å²) in [5.74, 6) is 1.76. The normalized spacial score (nSPS) is 11.4. The van der Waals surface area contributed by atoms with Gasteiger partial charge in [0.05, 0.1) is 51.6 Å². The van der Waals surface area contributed by atoms with Gasteiger partial charge in [0.2, 0.25) is 0 Å². The van der Waals surface area contributed by atoms with Crippen molar-refractivity contribution < 1.29 is 27.4 Å². The number of aromatic nitrogens is 1. The van der Waals surface area contributed by atoms with Gasteiger partial charge in [0.1, 0.15) is 23.0 Å². The maximum absolute atomic E-state index is 12.4. The Labute approximate surface area is 153 Å². The van der Waals surface area contributed by atoms with Crippen LogP contribution in [0.1, 0.15) is 11.3 Å². The largest absolute Gasteiger partial charge is 0.496 e. The first-order valence-corrected chi connectivity index (χ1v) is 9.33. The maximum Gasteiger partial charge on any atom is 0.177 e. The molecule has 0 N–H and O–H groups in total. The van der Waals surface area contributed by atoms with E-state index < -0.39 is 9.84 Å². The van der Waals surface area contributed by atoms with Crippen LogP contribution in [0, 0.1) is 0 Å². The first-order chi connectivity index (χ1) is 12.4. The van der Waals surface area contributed by atoms with E-state index in [2.05, 4.69) is 4.98 Å². The number of ether oxygens (including phenoxy) is 4. The minimum atomic E-state index is -3.54. The lowest BCUT2D eigenvalue weighted by Gasteiger charge is -2.12. The first kappa shape index (κ1) is 19.6. The average Bonchev–Trinajstić information content (AvgIpc) is 2.65. The molecule has 0 saturated heterocycles. The molecular formula is C18H21NO6S. The first-order valence-electron chi connectivity index (χ1n) is 7.62. The SMILES string of the molecule is COc1ccc(CS(=O)(=O)/C=C/c2c(OC)cc(OC)cc2OC)nc1. The van der Waals surface area contributed by atoms with Gasteiger partial charge in [-0.1, -0.05) is 0 Å². The molecule has 0 amide bonds. The topological polar surface area (TPSA) is 84.0 Å². The van der Waals surface area contributed by atoms with Crippen LogP contribution in [0.2, 0.25) is 0 Å². The third-order valence-corrected chi connectivity index (χ3v) is 4.83. The standard InChI is InChI=1S/C18H21NO6S/c1-22-14-6-5-13(19-11-14)12-26(20,21)8-7-16-17(24-3)9-15(23-2)10-18(16)25-4/h5-11H,12H2,1-4H3/b8-7+. The second-order valence-corrected chi connectivity index (χ2v) is 7.13. The van der Waals surface area contributed by atoms with Crippen molar-refractivity contribution >= 4 is 15.9 Å². The van der Waals surface area contributed by atoms with Crippen LogP contribution >= 0.6 is 0 Å². The highest BCUT2D eigenvalue weighted by molar-refractivity contribution is 7.93. The van der Waals surface area contributed by atoms with Gasteiger partial charge in [0, 0.05) is 17.5 Å². The van der Waals surface area contributed by atoms with Gasteiger partial charge in [-0.15, -0.1) is 0 Å². The molecule has 0 aliphatic heterocycles. The predicted octanol–water partition coefficient (Wildman–Crippen LogP) is 2.70. The van der Waals surface area contributed by atoms with Crippen molar-refractivity contribution in [1.82, 2.24) is 4.98 Å². The number of methoxy groups -OCH3 is 4. The van der Waals surface area contributed by atoms with Gasteiger partial charge in [-0.2, -0.15) is 0 Å². The van der Waals surface area contributed by atoms with Crippen molar-refractivity contribution in [3.8, 4) is 23.0 Å². The molecule has 0 atom stereocenters. The zero-order chi connectivity index (χ0) is 19.2. The Hall–Kier alpha value is -2.74. The van der Waals surface area contributed by atoms with Gasteiger partial charge in [0.15, 0.2) is 9.84 Å². The average molecular weight is 379 g/mol. The van der Waals surface area contributed by atoms with Crippen molar-refractivity contribution in [3.05, 3.63) is 47.1 Å². The summed E-state index contributed by atoms with van der Waals surface area (Å²) in [6, 6.07) is 6.58. The maximum atomic E-state index is 12.4. The lowest BCUT2D eigenvalue weighted by atomic mass is 10.1. The molecule has 0 aliphatic rings. The van der Waals surface area contributed by atoms with Gasteiger partial charge in [-0.05, 0) is 18.2 Å². The van der Waals surface area contributed by atoms with E-state index in [0.29, 0.717) is 34.3 Å². The Morgan fingerprint density at radius 2 is 1.54 bits per heavy atom. The number of benzene rings is 1. The molecule has 1 aromatic heterocycles. The van der Waals surface area contributed by atoms with Crippen LogP contribution in [-0.2, 0) is 15.6 Å². The van der Waals surface area contributed by atoms with Crippen LogP contribution in [0.4, 0.5) is 0 Å². The van der Waals surface area contributed by atoms with Crippen LogP contribution in [0.25, 0.3) is 6.08 Å². The molecule has 2 aromatic rings. The van der Waals surface area contributed by atoms with E-state index in [1.165, 1.54) is 40.7 Å². The zero-order valence-corrected chi connectivity index (χ0v) is 15.9. The van der Waals surface area contributed by atoms with Gasteiger partial charge in [0.25, 0.3) is 0 Å². The molecule has 0 aliphatic carbocycles. The summed E-state index contributed by atoms with van der Waals surface area (Å²) < 4.78 is 45.6. The highest BCUT2D eigenvalue weighted by Crippen LogP contribution is 2.35. The van der Waals surface area contributed by atoms with Gasteiger partial charge < -0.3 is 18.9 Å². The minimum absolute atomic E-state index is 0.228. The quantitative estimate of drug-likeness (QED) is 0.697. The van der Waals surface area contributed by atoms with Crippen LogP contribution in [-0.4, -0.2) is 41.8 Å². The number of sulfone groups is 1. The molecule has 0 fully saturated rings. The number of rotatable bonds is 8. The molecule has 0 bridgehead atoms. The molecule has 1 heterocycles. The summed E-state index contributed by atoms with van der Waals surface area (Å²) in [5.41, 5.74) is 0.922. The summed E-state index contributed by atoms with van der Waals surface area (Å²) in [6.07, 6.45) is 2.92. The lowest BCUT2D eigenvalue weighted by molar-refractivity contribution is 0.374. The Morgan fingerprint density at radius 1 is 0.923 bits per heavy atom. The predicted molar refractivity (Wildman–Crippen MR) is 98.5 cm³/mol. The molecule has 7 nitrogen and oxygen atoms in total. The van der Waals surface area contributed by atoms with Gasteiger partial charge in [-0.3, -0.25) is 4.98 Å². The fraction of sp³-hybridized carbons (Fsp3) is 0.278. The fourth-order valence-electron chi connectivity index (χ4n) is 2.24. The summed E-state index contributed by atoms with van der Waals surface area (Å²) >= 11 is 0. The summed E-state index contributed by atoms with van der Waals surface area (Å²) in [4.78, 5) is 4.08. The number of hydrogen-bond donors (Lipinski definition) is 0. The van der Waals surface area contributed by atoms with Gasteiger partial charge in [-0.25, -0.2) is 8.42 Å². The molecule has 140 valence electrons. The van der Waals surface area contributed by atoms with Gasteiger partial charge >= 0.3 is 0 Å². The summed E-state index contributed by atoms with van der Waals surface area (Å²) in [6.45, 7) is 0. The van der Waals surface area contributed by atoms with Crippen molar-refractivity contribution in [2.75, 3.05) is 28.4 Å². The molecule has 0 spiro atoms. The van der Waals surface area contributed by atoms with Crippen LogP contribution in [0.3, 0.4) is 0 Å². The van der Waals surface area contributed by atoms with Crippen molar-refractivity contribution in [1.29, 1.82) is 0 Å². The number of hydrogen-bond acceptors (Lipinski definition) is 7. The highest BCUT2D eigenvalue weighted by atomic mass is 32.2. The highest BCUT2D eigenvalue weighted by Gasteiger charge is 2.14. The fourth-order valence-corrected chi connectivity index (χ4v) is 3.26. The van der Waals surface area contributed by atoms with E-state index in [1.807, 2.05) is 0 Å². The van der Waals surface area contributed by atoms with Crippen LogP contribution < -0.4 is 18.9 Å². The second kappa shape index (κ2) is 8.57. The molecule has 0 unspecified atom stereocenters. The van der Waals surface area contributed by atoms with E-state index in [9.17, 15) is 8.42 Å². The molecule has 0 radical (unpaired) electrons. The Balaban J connectivity index is 2.29. The minimum Gasteiger partial charge on any atom is -0.496 e. The number of pyridine rings is 1.